The molecular weight excluding hydrogens is 352 g/mol. The highest BCUT2D eigenvalue weighted by Crippen LogP contribution is 2.33. The molecule has 1 saturated carbocycles. The minimum absolute atomic E-state index is 0.0566. The van der Waals surface area contributed by atoms with Gasteiger partial charge in [-0.1, -0.05) is 19.3 Å². The van der Waals surface area contributed by atoms with Crippen molar-refractivity contribution in [1.29, 1.82) is 0 Å². The number of anilines is 1. The van der Waals surface area contributed by atoms with E-state index in [1.165, 1.54) is 43.4 Å². The van der Waals surface area contributed by atoms with Crippen molar-refractivity contribution in [2.75, 3.05) is 24.5 Å². The van der Waals surface area contributed by atoms with Crippen LogP contribution in [-0.4, -0.2) is 45.1 Å². The number of amides is 1. The van der Waals surface area contributed by atoms with Crippen LogP contribution in [0.4, 0.5) is 5.82 Å². The molecule has 7 heteroatoms. The monoisotopic (exact) mass is 382 g/mol. The summed E-state index contributed by atoms with van der Waals surface area (Å²) in [4.78, 5) is 24.3. The predicted molar refractivity (Wildman–Crippen MR) is 107 cm³/mol. The summed E-state index contributed by atoms with van der Waals surface area (Å²) >= 11 is 0. The van der Waals surface area contributed by atoms with Crippen molar-refractivity contribution in [3.05, 3.63) is 17.6 Å². The highest BCUT2D eigenvalue weighted by atomic mass is 16.1. The number of aromatic nitrogens is 4. The number of carbonyl (C=O) groups is 1. The normalized spacial score (nSPS) is 23.1. The molecule has 28 heavy (non-hydrogen) atoms. The van der Waals surface area contributed by atoms with Crippen molar-refractivity contribution in [1.82, 2.24) is 24.9 Å². The zero-order valence-electron chi connectivity index (χ0n) is 16.6. The number of aryl methyl sites for hydroxylation is 1. The van der Waals surface area contributed by atoms with E-state index >= 15 is 0 Å². The maximum atomic E-state index is 12.9. The molecule has 1 amide bonds. The standard InChI is InChI=1S/C21H30N6O/c28-19(22-12-15-6-2-1-3-7-15)16-8-5-11-26(13-16)20-17-9-4-10-18(17)25-21-23-14-24-27(20)21/h14-16H,1-13H2,(H,22,28). The average molecular weight is 383 g/mol. The second kappa shape index (κ2) is 7.68. The molecule has 0 aromatic carbocycles. The number of nitrogens with zero attached hydrogens (tertiary/aromatic N) is 5. The van der Waals surface area contributed by atoms with E-state index in [2.05, 4.69) is 25.3 Å². The van der Waals surface area contributed by atoms with Gasteiger partial charge < -0.3 is 10.2 Å². The molecule has 2 fully saturated rings. The SMILES string of the molecule is O=C(NCC1CCCCC1)C1CCCN(c2c3c(nc4ncnn24)CCC3)C1. The molecular formula is C21H30N6O. The molecule has 5 rings (SSSR count). The summed E-state index contributed by atoms with van der Waals surface area (Å²) in [5.41, 5.74) is 2.47. The molecule has 3 heterocycles. The number of nitrogens with one attached hydrogen (secondary N) is 1. The van der Waals surface area contributed by atoms with Gasteiger partial charge in [-0.3, -0.25) is 4.79 Å². The lowest BCUT2D eigenvalue weighted by Gasteiger charge is -2.35. The first-order valence-electron chi connectivity index (χ1n) is 11.0. The number of rotatable bonds is 4. The molecule has 0 radical (unpaired) electrons. The van der Waals surface area contributed by atoms with Gasteiger partial charge >= 0.3 is 0 Å². The fraction of sp³-hybridized carbons (Fsp3) is 0.714. The summed E-state index contributed by atoms with van der Waals surface area (Å²) < 4.78 is 1.88. The van der Waals surface area contributed by atoms with E-state index in [-0.39, 0.29) is 11.8 Å². The fourth-order valence-electron chi connectivity index (χ4n) is 5.29. The maximum absolute atomic E-state index is 12.9. The summed E-state index contributed by atoms with van der Waals surface area (Å²) in [7, 11) is 0. The summed E-state index contributed by atoms with van der Waals surface area (Å²) in [6.45, 7) is 2.59. The van der Waals surface area contributed by atoms with Crippen molar-refractivity contribution in [3.8, 4) is 0 Å². The molecule has 1 saturated heterocycles. The Morgan fingerprint density at radius 3 is 2.89 bits per heavy atom. The Morgan fingerprint density at radius 1 is 1.11 bits per heavy atom. The van der Waals surface area contributed by atoms with Gasteiger partial charge in [-0.05, 0) is 50.9 Å². The molecule has 1 unspecified atom stereocenters. The van der Waals surface area contributed by atoms with Gasteiger partial charge in [-0.15, -0.1) is 0 Å². The maximum Gasteiger partial charge on any atom is 0.254 e. The smallest absolute Gasteiger partial charge is 0.254 e. The number of piperidine rings is 1. The highest BCUT2D eigenvalue weighted by Gasteiger charge is 2.31. The third-order valence-corrected chi connectivity index (χ3v) is 6.81. The van der Waals surface area contributed by atoms with Gasteiger partial charge in [-0.25, -0.2) is 4.98 Å². The van der Waals surface area contributed by atoms with Gasteiger partial charge in [0.2, 0.25) is 5.91 Å². The van der Waals surface area contributed by atoms with Crippen molar-refractivity contribution >= 4 is 17.5 Å². The minimum atomic E-state index is 0.0566. The van der Waals surface area contributed by atoms with Crippen LogP contribution in [0.15, 0.2) is 6.33 Å². The first-order valence-corrected chi connectivity index (χ1v) is 11.0. The summed E-state index contributed by atoms with van der Waals surface area (Å²) in [5.74, 6) is 2.77. The Hall–Kier alpha value is -2.18. The van der Waals surface area contributed by atoms with Crippen LogP contribution in [0.2, 0.25) is 0 Å². The van der Waals surface area contributed by atoms with E-state index in [1.807, 2.05) is 4.52 Å². The molecule has 2 aromatic rings. The Morgan fingerprint density at radius 2 is 2.00 bits per heavy atom. The third kappa shape index (κ3) is 3.35. The van der Waals surface area contributed by atoms with Crippen LogP contribution in [0.1, 0.15) is 62.6 Å². The molecule has 0 bridgehead atoms. The van der Waals surface area contributed by atoms with Crippen LogP contribution in [0.3, 0.4) is 0 Å². The largest absolute Gasteiger partial charge is 0.356 e. The van der Waals surface area contributed by atoms with Gasteiger partial charge in [0, 0.05) is 25.2 Å². The van der Waals surface area contributed by atoms with E-state index in [1.54, 1.807) is 6.33 Å². The van der Waals surface area contributed by atoms with Gasteiger partial charge in [0.05, 0.1) is 11.6 Å². The van der Waals surface area contributed by atoms with Crippen molar-refractivity contribution < 1.29 is 4.79 Å². The lowest BCUT2D eigenvalue weighted by Crippen LogP contribution is -2.45. The van der Waals surface area contributed by atoms with Gasteiger partial charge in [0.15, 0.2) is 0 Å². The van der Waals surface area contributed by atoms with Crippen LogP contribution >= 0.6 is 0 Å². The number of hydrogen-bond acceptors (Lipinski definition) is 5. The van der Waals surface area contributed by atoms with E-state index < -0.39 is 0 Å². The zero-order valence-corrected chi connectivity index (χ0v) is 16.6. The Bertz CT molecular complexity index is 856. The summed E-state index contributed by atoms with van der Waals surface area (Å²) in [5, 5.41) is 7.71. The molecule has 2 aliphatic carbocycles. The Balaban J connectivity index is 1.31. The third-order valence-electron chi connectivity index (χ3n) is 6.81. The molecule has 1 atom stereocenters. The molecule has 7 nitrogen and oxygen atoms in total. The number of carbonyl (C=O) groups excluding carboxylic acids is 1. The van der Waals surface area contributed by atoms with Gasteiger partial charge in [0.1, 0.15) is 12.1 Å². The van der Waals surface area contributed by atoms with Crippen molar-refractivity contribution in [2.45, 2.75) is 64.2 Å². The number of hydrogen-bond donors (Lipinski definition) is 1. The molecule has 1 N–H and O–H groups in total. The lowest BCUT2D eigenvalue weighted by atomic mass is 9.89. The molecule has 150 valence electrons. The first-order chi connectivity index (χ1) is 13.8. The summed E-state index contributed by atoms with van der Waals surface area (Å²) in [6.07, 6.45) is 13.3. The molecule has 0 spiro atoms. The lowest BCUT2D eigenvalue weighted by molar-refractivity contribution is -0.125. The Kier molecular flexibility index (Phi) is 4.91. The van der Waals surface area contributed by atoms with Gasteiger partial charge in [0.25, 0.3) is 5.78 Å². The van der Waals surface area contributed by atoms with Crippen molar-refractivity contribution in [3.63, 3.8) is 0 Å². The van der Waals surface area contributed by atoms with Crippen LogP contribution in [0, 0.1) is 11.8 Å². The molecule has 1 aliphatic heterocycles. The number of fused-ring (bicyclic) bond motifs is 2. The van der Waals surface area contributed by atoms with Crippen molar-refractivity contribution in [2.24, 2.45) is 11.8 Å². The predicted octanol–water partition coefficient (Wildman–Crippen LogP) is 2.53. The quantitative estimate of drug-likeness (QED) is 0.879. The Labute approximate surface area is 165 Å². The first kappa shape index (κ1) is 17.9. The van der Waals surface area contributed by atoms with E-state index in [9.17, 15) is 4.79 Å². The van der Waals surface area contributed by atoms with E-state index in [0.29, 0.717) is 11.7 Å². The molecule has 2 aromatic heterocycles. The zero-order chi connectivity index (χ0) is 18.9. The fourth-order valence-corrected chi connectivity index (χ4v) is 5.29. The highest BCUT2D eigenvalue weighted by molar-refractivity contribution is 5.79. The second-order valence-corrected chi connectivity index (χ2v) is 8.72. The van der Waals surface area contributed by atoms with E-state index in [4.69, 9.17) is 0 Å². The minimum Gasteiger partial charge on any atom is -0.356 e. The average Bonchev–Trinajstić information content (AvgIpc) is 3.40. The van der Waals surface area contributed by atoms with Gasteiger partial charge in [-0.2, -0.15) is 14.6 Å². The molecule has 3 aliphatic rings. The van der Waals surface area contributed by atoms with Crippen LogP contribution in [-0.2, 0) is 17.6 Å². The van der Waals surface area contributed by atoms with Crippen LogP contribution in [0.25, 0.3) is 5.78 Å². The topological polar surface area (TPSA) is 75.4 Å². The van der Waals surface area contributed by atoms with E-state index in [0.717, 1.165) is 57.6 Å². The second-order valence-electron chi connectivity index (χ2n) is 8.72. The summed E-state index contributed by atoms with van der Waals surface area (Å²) in [6, 6.07) is 0. The van der Waals surface area contributed by atoms with Crippen LogP contribution in [0.5, 0.6) is 0 Å². The van der Waals surface area contributed by atoms with Crippen LogP contribution < -0.4 is 10.2 Å².